The molecule has 0 aliphatic heterocycles. The molecule has 0 aromatic heterocycles. The number of ether oxygens (including phenoxy) is 2. The van der Waals surface area contributed by atoms with Crippen LogP contribution < -0.4 is 14.8 Å². The average Bonchev–Trinajstić information content (AvgIpc) is 2.77. The van der Waals surface area contributed by atoms with Gasteiger partial charge < -0.3 is 19.7 Å². The number of hydrogen-bond acceptors (Lipinski definition) is 4. The predicted octanol–water partition coefficient (Wildman–Crippen LogP) is 4.02. The van der Waals surface area contributed by atoms with Crippen LogP contribution in [0.15, 0.2) is 42.5 Å². The molecule has 2 amide bonds. The largest absolute Gasteiger partial charge is 0.497 e. The normalized spacial score (nSPS) is 11.5. The van der Waals surface area contributed by atoms with Crippen molar-refractivity contribution in [3.63, 3.8) is 0 Å². The number of benzene rings is 2. The van der Waals surface area contributed by atoms with Crippen LogP contribution in [-0.2, 0) is 16.1 Å². The Bertz CT molecular complexity index is 882. The standard InChI is InChI=1S/C25H34N2O4/c1-6-7-13-26-25(29)20(4)27(16-21-9-8-10-22(15-21)30-5)24(28)17-31-23-14-18(2)11-12-19(23)3/h8-12,14-15,20H,6-7,13,16-17H2,1-5H3,(H,26,29). The molecule has 2 aromatic carbocycles. The minimum Gasteiger partial charge on any atom is -0.497 e. The highest BCUT2D eigenvalue weighted by molar-refractivity contribution is 5.88. The van der Waals surface area contributed by atoms with E-state index in [1.54, 1.807) is 18.9 Å². The first-order valence-corrected chi connectivity index (χ1v) is 10.8. The molecule has 2 aromatic rings. The number of carbonyl (C=O) groups is 2. The Labute approximate surface area is 185 Å². The predicted molar refractivity (Wildman–Crippen MR) is 122 cm³/mol. The zero-order valence-corrected chi connectivity index (χ0v) is 19.2. The lowest BCUT2D eigenvalue weighted by atomic mass is 10.1. The number of carbonyl (C=O) groups excluding carboxylic acids is 2. The topological polar surface area (TPSA) is 67.9 Å². The van der Waals surface area contributed by atoms with Gasteiger partial charge in [-0.25, -0.2) is 0 Å². The van der Waals surface area contributed by atoms with E-state index < -0.39 is 6.04 Å². The summed E-state index contributed by atoms with van der Waals surface area (Å²) < 4.78 is 11.1. The van der Waals surface area contributed by atoms with E-state index in [9.17, 15) is 9.59 Å². The molecule has 0 radical (unpaired) electrons. The van der Waals surface area contributed by atoms with Gasteiger partial charge in [0.05, 0.1) is 7.11 Å². The van der Waals surface area contributed by atoms with Crippen LogP contribution in [0, 0.1) is 13.8 Å². The van der Waals surface area contributed by atoms with E-state index in [1.165, 1.54) is 0 Å². The number of aryl methyl sites for hydroxylation is 2. The third-order valence-corrected chi connectivity index (χ3v) is 5.18. The van der Waals surface area contributed by atoms with Crippen molar-refractivity contribution in [3.8, 4) is 11.5 Å². The smallest absolute Gasteiger partial charge is 0.261 e. The van der Waals surface area contributed by atoms with Crippen molar-refractivity contribution >= 4 is 11.8 Å². The summed E-state index contributed by atoms with van der Waals surface area (Å²) >= 11 is 0. The molecule has 31 heavy (non-hydrogen) atoms. The third-order valence-electron chi connectivity index (χ3n) is 5.18. The summed E-state index contributed by atoms with van der Waals surface area (Å²) in [6, 6.07) is 12.8. The van der Waals surface area contributed by atoms with Crippen LogP contribution in [0.25, 0.3) is 0 Å². The molecule has 0 saturated heterocycles. The van der Waals surface area contributed by atoms with Gasteiger partial charge in [0, 0.05) is 13.1 Å². The fourth-order valence-corrected chi connectivity index (χ4v) is 3.17. The third kappa shape index (κ3) is 7.31. The molecule has 0 fully saturated rings. The second-order valence-electron chi connectivity index (χ2n) is 7.75. The van der Waals surface area contributed by atoms with Gasteiger partial charge in [0.25, 0.3) is 5.91 Å². The summed E-state index contributed by atoms with van der Waals surface area (Å²) in [5.41, 5.74) is 2.90. The second kappa shape index (κ2) is 12.0. The molecule has 6 heteroatoms. The Morgan fingerprint density at radius 3 is 2.61 bits per heavy atom. The van der Waals surface area contributed by atoms with Gasteiger partial charge in [0.1, 0.15) is 17.5 Å². The zero-order chi connectivity index (χ0) is 22.8. The number of hydrogen-bond donors (Lipinski definition) is 1. The lowest BCUT2D eigenvalue weighted by molar-refractivity contribution is -0.142. The summed E-state index contributed by atoms with van der Waals surface area (Å²) in [5, 5.41) is 2.92. The molecule has 1 unspecified atom stereocenters. The van der Waals surface area contributed by atoms with Crippen molar-refractivity contribution in [1.82, 2.24) is 10.2 Å². The van der Waals surface area contributed by atoms with Crippen molar-refractivity contribution in [3.05, 3.63) is 59.2 Å². The summed E-state index contributed by atoms with van der Waals surface area (Å²) in [6.45, 7) is 8.48. The number of nitrogens with one attached hydrogen (secondary N) is 1. The molecule has 0 saturated carbocycles. The lowest BCUT2D eigenvalue weighted by Crippen LogP contribution is -2.49. The minimum absolute atomic E-state index is 0.138. The Hall–Kier alpha value is -3.02. The monoisotopic (exact) mass is 426 g/mol. The van der Waals surface area contributed by atoms with Crippen LogP contribution in [0.4, 0.5) is 0 Å². The first-order chi connectivity index (χ1) is 14.8. The van der Waals surface area contributed by atoms with Crippen molar-refractivity contribution < 1.29 is 19.1 Å². The molecule has 1 N–H and O–H groups in total. The van der Waals surface area contributed by atoms with Gasteiger partial charge >= 0.3 is 0 Å². The van der Waals surface area contributed by atoms with Crippen molar-refractivity contribution in [2.75, 3.05) is 20.3 Å². The first-order valence-electron chi connectivity index (χ1n) is 10.8. The van der Waals surface area contributed by atoms with E-state index >= 15 is 0 Å². The zero-order valence-electron chi connectivity index (χ0n) is 19.2. The quantitative estimate of drug-likeness (QED) is 0.551. The summed E-state index contributed by atoms with van der Waals surface area (Å²) in [7, 11) is 1.60. The van der Waals surface area contributed by atoms with E-state index in [1.807, 2.05) is 56.3 Å². The molecule has 0 bridgehead atoms. The van der Waals surface area contributed by atoms with Crippen LogP contribution in [0.1, 0.15) is 43.4 Å². The van der Waals surface area contributed by atoms with Crippen LogP contribution in [0.3, 0.4) is 0 Å². The number of methoxy groups -OCH3 is 1. The molecular weight excluding hydrogens is 392 g/mol. The Morgan fingerprint density at radius 2 is 1.90 bits per heavy atom. The maximum Gasteiger partial charge on any atom is 0.261 e. The molecule has 0 spiro atoms. The molecule has 6 nitrogen and oxygen atoms in total. The highest BCUT2D eigenvalue weighted by Gasteiger charge is 2.26. The lowest BCUT2D eigenvalue weighted by Gasteiger charge is -2.29. The average molecular weight is 427 g/mol. The van der Waals surface area contributed by atoms with E-state index in [2.05, 4.69) is 12.2 Å². The van der Waals surface area contributed by atoms with Gasteiger partial charge in [-0.1, -0.05) is 37.6 Å². The molecular formula is C25H34N2O4. The van der Waals surface area contributed by atoms with Crippen molar-refractivity contribution in [1.29, 1.82) is 0 Å². The van der Waals surface area contributed by atoms with E-state index in [0.717, 1.165) is 29.5 Å². The van der Waals surface area contributed by atoms with E-state index in [0.29, 0.717) is 18.0 Å². The van der Waals surface area contributed by atoms with Gasteiger partial charge in [0.2, 0.25) is 5.91 Å². The molecule has 0 aliphatic rings. The van der Waals surface area contributed by atoms with Crippen molar-refractivity contribution in [2.45, 2.75) is 53.1 Å². The van der Waals surface area contributed by atoms with Crippen LogP contribution in [0.5, 0.6) is 11.5 Å². The van der Waals surface area contributed by atoms with Crippen LogP contribution >= 0.6 is 0 Å². The van der Waals surface area contributed by atoms with Gasteiger partial charge in [0.15, 0.2) is 6.61 Å². The van der Waals surface area contributed by atoms with Crippen molar-refractivity contribution in [2.24, 2.45) is 0 Å². The molecule has 2 rings (SSSR count). The highest BCUT2D eigenvalue weighted by Crippen LogP contribution is 2.20. The summed E-state index contributed by atoms with van der Waals surface area (Å²) in [6.07, 6.45) is 1.89. The molecule has 168 valence electrons. The number of amides is 2. The summed E-state index contributed by atoms with van der Waals surface area (Å²) in [5.74, 6) is 0.963. The van der Waals surface area contributed by atoms with Gasteiger partial charge in [-0.15, -0.1) is 0 Å². The number of unbranched alkanes of at least 4 members (excludes halogenated alkanes) is 1. The Morgan fingerprint density at radius 1 is 1.13 bits per heavy atom. The fourth-order valence-electron chi connectivity index (χ4n) is 3.17. The second-order valence-corrected chi connectivity index (χ2v) is 7.75. The summed E-state index contributed by atoms with van der Waals surface area (Å²) in [4.78, 5) is 27.4. The SMILES string of the molecule is CCCCNC(=O)C(C)N(Cc1cccc(OC)c1)C(=O)COc1cc(C)ccc1C. The van der Waals surface area contributed by atoms with Crippen LogP contribution in [-0.4, -0.2) is 43.0 Å². The maximum absolute atomic E-state index is 13.1. The van der Waals surface area contributed by atoms with E-state index in [-0.39, 0.29) is 25.0 Å². The molecule has 1 atom stereocenters. The maximum atomic E-state index is 13.1. The van der Waals surface area contributed by atoms with Crippen LogP contribution in [0.2, 0.25) is 0 Å². The fraction of sp³-hybridized carbons (Fsp3) is 0.440. The first kappa shape index (κ1) is 24.3. The highest BCUT2D eigenvalue weighted by atomic mass is 16.5. The van der Waals surface area contributed by atoms with Gasteiger partial charge in [-0.05, 0) is 62.1 Å². The Balaban J connectivity index is 2.17. The number of rotatable bonds is 11. The van der Waals surface area contributed by atoms with Gasteiger partial charge in [-0.3, -0.25) is 9.59 Å². The van der Waals surface area contributed by atoms with Gasteiger partial charge in [-0.2, -0.15) is 0 Å². The Kier molecular flexibility index (Phi) is 9.38. The molecule has 0 heterocycles. The molecule has 0 aliphatic carbocycles. The number of nitrogens with zero attached hydrogens (tertiary/aromatic N) is 1. The minimum atomic E-state index is -0.627. The van der Waals surface area contributed by atoms with E-state index in [4.69, 9.17) is 9.47 Å².